The van der Waals surface area contributed by atoms with E-state index in [1.54, 1.807) is 6.92 Å². The lowest BCUT2D eigenvalue weighted by Gasteiger charge is -2.41. The third kappa shape index (κ3) is 4.32. The van der Waals surface area contributed by atoms with Gasteiger partial charge in [-0.3, -0.25) is 4.79 Å². The van der Waals surface area contributed by atoms with Gasteiger partial charge in [0.2, 0.25) is 0 Å². The maximum atomic E-state index is 12.9. The maximum Gasteiger partial charge on any atom is 0.261 e. The van der Waals surface area contributed by atoms with Crippen LogP contribution in [0.3, 0.4) is 0 Å². The first-order valence-electron chi connectivity index (χ1n) is 10.2. The molecule has 1 aliphatic rings. The summed E-state index contributed by atoms with van der Waals surface area (Å²) < 4.78 is 12.3. The molecule has 2 aromatic carbocycles. The van der Waals surface area contributed by atoms with Crippen molar-refractivity contribution in [2.24, 2.45) is 0 Å². The van der Waals surface area contributed by atoms with E-state index in [4.69, 9.17) is 9.47 Å². The first kappa shape index (κ1) is 20.2. The molecule has 0 unspecified atom stereocenters. The first-order chi connectivity index (χ1) is 13.4. The Labute approximate surface area is 168 Å². The summed E-state index contributed by atoms with van der Waals surface area (Å²) in [4.78, 5) is 12.9. The fourth-order valence-electron chi connectivity index (χ4n) is 3.98. The molecule has 0 aromatic heterocycles. The van der Waals surface area contributed by atoms with E-state index in [0.717, 1.165) is 47.5 Å². The van der Waals surface area contributed by atoms with Gasteiger partial charge in [-0.05, 0) is 62.9 Å². The van der Waals surface area contributed by atoms with Crippen molar-refractivity contribution < 1.29 is 14.3 Å². The number of amides is 1. The van der Waals surface area contributed by atoms with E-state index in [2.05, 4.69) is 25.2 Å². The number of rotatable bonds is 6. The highest BCUT2D eigenvalue weighted by atomic mass is 16.5. The molecule has 4 heteroatoms. The lowest BCUT2D eigenvalue weighted by Crippen LogP contribution is -2.46. The minimum atomic E-state index is -0.575. The third-order valence-corrected chi connectivity index (χ3v) is 5.68. The van der Waals surface area contributed by atoms with Crippen molar-refractivity contribution in [3.05, 3.63) is 59.2 Å². The van der Waals surface area contributed by atoms with E-state index < -0.39 is 6.10 Å². The minimum absolute atomic E-state index is 0.0809. The molecule has 3 rings (SSSR count). The summed E-state index contributed by atoms with van der Waals surface area (Å²) in [5.41, 5.74) is 3.03. The maximum absolute atomic E-state index is 12.9. The van der Waals surface area contributed by atoms with Gasteiger partial charge in [-0.1, -0.05) is 38.1 Å². The summed E-state index contributed by atoms with van der Waals surface area (Å²) in [5, 5.41) is 3.20. The number of hydrogen-bond acceptors (Lipinski definition) is 3. The number of ether oxygens (including phenoxy) is 2. The Kier molecular flexibility index (Phi) is 5.97. The van der Waals surface area contributed by atoms with Crippen molar-refractivity contribution in [1.29, 1.82) is 0 Å². The highest BCUT2D eigenvalue weighted by molar-refractivity contribution is 5.81. The van der Waals surface area contributed by atoms with Gasteiger partial charge >= 0.3 is 0 Å². The summed E-state index contributed by atoms with van der Waals surface area (Å²) in [6.45, 7) is 10.1. The summed E-state index contributed by atoms with van der Waals surface area (Å²) in [7, 11) is 0. The van der Waals surface area contributed by atoms with Crippen LogP contribution in [-0.2, 0) is 4.79 Å². The normalized spacial score (nSPS) is 18.5. The highest BCUT2D eigenvalue weighted by Gasteiger charge is 2.39. The molecule has 0 saturated carbocycles. The second kappa shape index (κ2) is 8.26. The van der Waals surface area contributed by atoms with Crippen LogP contribution in [0.4, 0.5) is 0 Å². The van der Waals surface area contributed by atoms with Crippen LogP contribution >= 0.6 is 0 Å². The molecule has 2 atom stereocenters. The van der Waals surface area contributed by atoms with Crippen molar-refractivity contribution in [2.75, 3.05) is 0 Å². The van der Waals surface area contributed by atoms with Gasteiger partial charge < -0.3 is 14.8 Å². The van der Waals surface area contributed by atoms with E-state index in [0.29, 0.717) is 0 Å². The molecule has 1 heterocycles. The number of fused-ring (bicyclic) bond motifs is 1. The fourth-order valence-corrected chi connectivity index (χ4v) is 3.98. The monoisotopic (exact) mass is 381 g/mol. The Morgan fingerprint density at radius 3 is 2.46 bits per heavy atom. The Balaban J connectivity index is 1.76. The lowest BCUT2D eigenvalue weighted by molar-refractivity contribution is -0.128. The van der Waals surface area contributed by atoms with Crippen molar-refractivity contribution in [1.82, 2.24) is 5.32 Å². The Morgan fingerprint density at radius 2 is 1.82 bits per heavy atom. The number of aryl methyl sites for hydroxylation is 2. The van der Waals surface area contributed by atoms with E-state index in [1.165, 1.54) is 0 Å². The summed E-state index contributed by atoms with van der Waals surface area (Å²) >= 11 is 0. The lowest BCUT2D eigenvalue weighted by atomic mass is 9.83. The van der Waals surface area contributed by atoms with Crippen LogP contribution in [0.5, 0.6) is 11.5 Å². The first-order valence-corrected chi connectivity index (χ1v) is 10.2. The van der Waals surface area contributed by atoms with E-state index in [9.17, 15) is 4.79 Å². The SMILES string of the molecule is CCC1(CC)C[C@@H](NC(=O)[C@@H](C)Oc2cc(C)cc(C)c2)c2ccccc2O1. The van der Waals surface area contributed by atoms with Crippen molar-refractivity contribution >= 4 is 5.91 Å². The average molecular weight is 382 g/mol. The molecule has 1 N–H and O–H groups in total. The predicted octanol–water partition coefficient (Wildman–Crippen LogP) is 5.27. The smallest absolute Gasteiger partial charge is 0.261 e. The molecule has 0 spiro atoms. The molecular formula is C24H31NO3. The number of benzene rings is 2. The summed E-state index contributed by atoms with van der Waals surface area (Å²) in [6, 6.07) is 13.9. The molecular weight excluding hydrogens is 350 g/mol. The number of nitrogens with one attached hydrogen (secondary N) is 1. The standard InChI is InChI=1S/C24H31NO3/c1-6-24(7-2)15-21(20-10-8-9-11-22(20)28-24)25-23(26)18(5)27-19-13-16(3)12-17(4)14-19/h8-14,18,21H,6-7,15H2,1-5H3,(H,25,26)/t18-,21-/m1/s1. The molecule has 0 bridgehead atoms. The van der Waals surface area contributed by atoms with E-state index in [1.807, 2.05) is 50.2 Å². The van der Waals surface area contributed by atoms with Gasteiger partial charge in [0, 0.05) is 12.0 Å². The zero-order valence-electron chi connectivity index (χ0n) is 17.5. The molecule has 28 heavy (non-hydrogen) atoms. The summed E-state index contributed by atoms with van der Waals surface area (Å²) in [5.74, 6) is 1.48. The van der Waals surface area contributed by atoms with Crippen LogP contribution in [0.25, 0.3) is 0 Å². The van der Waals surface area contributed by atoms with Crippen LogP contribution < -0.4 is 14.8 Å². The Hall–Kier alpha value is -2.49. The number of hydrogen-bond donors (Lipinski definition) is 1. The van der Waals surface area contributed by atoms with Crippen LogP contribution in [0.1, 0.15) is 62.8 Å². The average Bonchev–Trinajstić information content (AvgIpc) is 2.66. The van der Waals surface area contributed by atoms with Gasteiger partial charge in [-0.15, -0.1) is 0 Å². The van der Waals surface area contributed by atoms with Gasteiger partial charge in [0.15, 0.2) is 6.10 Å². The fraction of sp³-hybridized carbons (Fsp3) is 0.458. The zero-order valence-corrected chi connectivity index (χ0v) is 17.5. The van der Waals surface area contributed by atoms with Gasteiger partial charge in [0.05, 0.1) is 6.04 Å². The van der Waals surface area contributed by atoms with Crippen molar-refractivity contribution in [2.45, 2.75) is 71.6 Å². The minimum Gasteiger partial charge on any atom is -0.487 e. The van der Waals surface area contributed by atoms with Crippen LogP contribution in [-0.4, -0.2) is 17.6 Å². The van der Waals surface area contributed by atoms with E-state index in [-0.39, 0.29) is 17.6 Å². The molecule has 2 aromatic rings. The van der Waals surface area contributed by atoms with Gasteiger partial charge in [-0.25, -0.2) is 0 Å². The number of carbonyl (C=O) groups is 1. The number of para-hydroxylation sites is 1. The third-order valence-electron chi connectivity index (χ3n) is 5.68. The molecule has 0 radical (unpaired) electrons. The van der Waals surface area contributed by atoms with Crippen LogP contribution in [0.15, 0.2) is 42.5 Å². The van der Waals surface area contributed by atoms with Crippen LogP contribution in [0.2, 0.25) is 0 Å². The summed E-state index contributed by atoms with van der Waals surface area (Å²) in [6.07, 6.45) is 1.99. The van der Waals surface area contributed by atoms with Crippen molar-refractivity contribution in [3.8, 4) is 11.5 Å². The molecule has 1 aliphatic heterocycles. The predicted molar refractivity (Wildman–Crippen MR) is 112 cm³/mol. The molecule has 0 fully saturated rings. The second-order valence-electron chi connectivity index (χ2n) is 7.88. The van der Waals surface area contributed by atoms with Gasteiger partial charge in [0.1, 0.15) is 17.1 Å². The van der Waals surface area contributed by atoms with Gasteiger partial charge in [0.25, 0.3) is 5.91 Å². The number of carbonyl (C=O) groups excluding carboxylic acids is 1. The zero-order chi connectivity index (χ0) is 20.3. The van der Waals surface area contributed by atoms with E-state index >= 15 is 0 Å². The molecule has 4 nitrogen and oxygen atoms in total. The van der Waals surface area contributed by atoms with Crippen molar-refractivity contribution in [3.63, 3.8) is 0 Å². The Morgan fingerprint density at radius 1 is 1.18 bits per heavy atom. The highest BCUT2D eigenvalue weighted by Crippen LogP contribution is 2.42. The molecule has 0 aliphatic carbocycles. The molecule has 1 amide bonds. The largest absolute Gasteiger partial charge is 0.487 e. The molecule has 0 saturated heterocycles. The topological polar surface area (TPSA) is 47.6 Å². The van der Waals surface area contributed by atoms with Crippen LogP contribution in [0, 0.1) is 13.8 Å². The Bertz CT molecular complexity index is 821. The quantitative estimate of drug-likeness (QED) is 0.741. The van der Waals surface area contributed by atoms with Gasteiger partial charge in [-0.2, -0.15) is 0 Å². The molecule has 150 valence electrons. The second-order valence-corrected chi connectivity index (χ2v) is 7.88.